The molecule has 1 amide bonds. The number of carbonyl (C=O) groups is 1. The largest absolute Gasteiger partial charge is 0.451 e. The zero-order valence-corrected chi connectivity index (χ0v) is 19.6. The first kappa shape index (κ1) is 25.0. The lowest BCUT2D eigenvalue weighted by Crippen LogP contribution is -2.44. The number of halogens is 3. The topological polar surface area (TPSA) is 93.9 Å². The van der Waals surface area contributed by atoms with Crippen LogP contribution in [0.3, 0.4) is 0 Å². The third-order valence-corrected chi connectivity index (χ3v) is 6.08. The summed E-state index contributed by atoms with van der Waals surface area (Å²) in [6.45, 7) is 0.788. The number of nitrogens with zero attached hydrogens (tertiary/aromatic N) is 4. The second kappa shape index (κ2) is 10.6. The third-order valence-electron chi connectivity index (χ3n) is 6.08. The van der Waals surface area contributed by atoms with E-state index >= 15 is 0 Å². The maximum atomic E-state index is 13.6. The highest BCUT2D eigenvalue weighted by Gasteiger charge is 2.38. The van der Waals surface area contributed by atoms with Crippen molar-refractivity contribution in [1.29, 1.82) is 5.26 Å². The number of hydrogen-bond acceptors (Lipinski definition) is 6. The lowest BCUT2D eigenvalue weighted by Gasteiger charge is -2.26. The highest BCUT2D eigenvalue weighted by atomic mass is 19.4. The lowest BCUT2D eigenvalue weighted by atomic mass is 10.1. The van der Waals surface area contributed by atoms with Gasteiger partial charge in [-0.1, -0.05) is 24.3 Å². The van der Waals surface area contributed by atoms with Gasteiger partial charge in [0.15, 0.2) is 0 Å². The molecule has 2 heterocycles. The van der Waals surface area contributed by atoms with Crippen molar-refractivity contribution in [2.45, 2.75) is 31.5 Å². The Morgan fingerprint density at radius 1 is 1.14 bits per heavy atom. The first-order chi connectivity index (χ1) is 17.3. The smallest absolute Gasteiger partial charge is 0.388 e. The molecule has 0 saturated carbocycles. The van der Waals surface area contributed by atoms with Crippen molar-refractivity contribution in [3.8, 4) is 17.3 Å². The summed E-state index contributed by atoms with van der Waals surface area (Å²) >= 11 is 0. The van der Waals surface area contributed by atoms with Gasteiger partial charge in [0, 0.05) is 37.5 Å². The van der Waals surface area contributed by atoms with E-state index in [2.05, 4.69) is 26.7 Å². The molecule has 0 radical (unpaired) electrons. The average Bonchev–Trinajstić information content (AvgIpc) is 3.39. The van der Waals surface area contributed by atoms with E-state index in [4.69, 9.17) is 5.26 Å². The first-order valence-electron chi connectivity index (χ1n) is 11.6. The molecule has 36 heavy (non-hydrogen) atoms. The van der Waals surface area contributed by atoms with Gasteiger partial charge in [0.1, 0.15) is 11.9 Å². The van der Waals surface area contributed by atoms with E-state index < -0.39 is 18.0 Å². The molecule has 7 nitrogen and oxygen atoms in total. The number of carbonyl (C=O) groups excluding carboxylic acids is 1. The number of alkyl halides is 3. The normalized spacial score (nSPS) is 15.4. The molecule has 2 N–H and O–H groups in total. The molecule has 1 aliphatic heterocycles. The van der Waals surface area contributed by atoms with E-state index in [0.717, 1.165) is 11.3 Å². The van der Waals surface area contributed by atoms with E-state index in [-0.39, 0.29) is 17.4 Å². The summed E-state index contributed by atoms with van der Waals surface area (Å²) in [5.74, 6) is -1.41. The number of hydrogen-bond donors (Lipinski definition) is 2. The number of nitriles is 1. The fourth-order valence-electron chi connectivity index (χ4n) is 4.17. The fourth-order valence-corrected chi connectivity index (χ4v) is 4.17. The molecule has 0 unspecified atom stereocenters. The van der Waals surface area contributed by atoms with Crippen LogP contribution in [0.2, 0.25) is 0 Å². The van der Waals surface area contributed by atoms with E-state index in [1.165, 1.54) is 6.07 Å². The van der Waals surface area contributed by atoms with Gasteiger partial charge in [0.25, 0.3) is 0 Å². The van der Waals surface area contributed by atoms with Crippen LogP contribution in [0.1, 0.15) is 29.8 Å². The van der Waals surface area contributed by atoms with E-state index in [9.17, 15) is 18.0 Å². The monoisotopic (exact) mass is 494 g/mol. The van der Waals surface area contributed by atoms with Crippen LogP contribution in [-0.4, -0.2) is 42.1 Å². The van der Waals surface area contributed by atoms with E-state index in [1.807, 2.05) is 12.1 Å². The van der Waals surface area contributed by atoms with Crippen LogP contribution >= 0.6 is 0 Å². The minimum atomic E-state index is -4.73. The van der Waals surface area contributed by atoms with Gasteiger partial charge >= 0.3 is 6.18 Å². The maximum Gasteiger partial charge on any atom is 0.451 e. The molecule has 0 aliphatic carbocycles. The summed E-state index contributed by atoms with van der Waals surface area (Å²) in [4.78, 5) is 22.1. The first-order valence-corrected chi connectivity index (χ1v) is 11.6. The molecule has 1 saturated heterocycles. The number of amides is 1. The second-order valence-electron chi connectivity index (χ2n) is 8.46. The van der Waals surface area contributed by atoms with Gasteiger partial charge < -0.3 is 15.5 Å². The minimum absolute atomic E-state index is 0.0785. The summed E-state index contributed by atoms with van der Waals surface area (Å²) in [6.07, 6.45) is -2.98. The summed E-state index contributed by atoms with van der Waals surface area (Å²) in [7, 11) is 1.75. The van der Waals surface area contributed by atoms with Gasteiger partial charge in [-0.3, -0.25) is 4.79 Å². The number of benzene rings is 2. The Hall–Kier alpha value is -4.13. The van der Waals surface area contributed by atoms with Gasteiger partial charge in [-0.2, -0.15) is 18.4 Å². The fraction of sp³-hybridized carbons (Fsp3) is 0.308. The summed E-state index contributed by atoms with van der Waals surface area (Å²) < 4.78 is 40.9. The van der Waals surface area contributed by atoms with Crippen LogP contribution in [0.5, 0.6) is 0 Å². The van der Waals surface area contributed by atoms with Crippen LogP contribution in [0.15, 0.2) is 54.6 Å². The molecule has 186 valence electrons. The quantitative estimate of drug-likeness (QED) is 0.506. The number of anilines is 2. The highest BCUT2D eigenvalue weighted by Crippen LogP contribution is 2.33. The predicted octanol–water partition coefficient (Wildman–Crippen LogP) is 4.40. The Morgan fingerprint density at radius 2 is 1.86 bits per heavy atom. The van der Waals surface area contributed by atoms with Crippen LogP contribution in [0, 0.1) is 11.3 Å². The van der Waals surface area contributed by atoms with Crippen molar-refractivity contribution in [3.63, 3.8) is 0 Å². The Morgan fingerprint density at radius 3 is 2.50 bits per heavy atom. The van der Waals surface area contributed by atoms with Crippen LogP contribution in [0.4, 0.5) is 24.7 Å². The van der Waals surface area contributed by atoms with Crippen molar-refractivity contribution >= 4 is 17.4 Å². The van der Waals surface area contributed by atoms with Gasteiger partial charge in [-0.05, 0) is 49.1 Å². The Labute approximate surface area is 207 Å². The lowest BCUT2D eigenvalue weighted by molar-refractivity contribution is -0.144. The van der Waals surface area contributed by atoms with E-state index in [1.54, 1.807) is 48.3 Å². The standard InChI is InChI=1S/C26H25F3N6O/c1-31-20-10-8-19(9-11-20)21-15-23(34-25(33-21)26(27,28)29)35-14-2-3-22(35)24(36)32-13-12-17-4-6-18(16-30)7-5-17/h4-11,15,22,31H,2-3,12-14H2,1H3,(H,32,36)/t22-/m0/s1. The van der Waals surface area contributed by atoms with Crippen molar-refractivity contribution in [2.75, 3.05) is 30.4 Å². The van der Waals surface area contributed by atoms with Gasteiger partial charge in [0.2, 0.25) is 11.7 Å². The molecule has 1 aromatic heterocycles. The molecular weight excluding hydrogens is 469 g/mol. The highest BCUT2D eigenvalue weighted by molar-refractivity contribution is 5.85. The third kappa shape index (κ3) is 5.74. The van der Waals surface area contributed by atoms with Crippen LogP contribution in [0.25, 0.3) is 11.3 Å². The van der Waals surface area contributed by atoms with Crippen molar-refractivity contribution < 1.29 is 18.0 Å². The van der Waals surface area contributed by atoms with E-state index in [0.29, 0.717) is 43.5 Å². The molecule has 1 fully saturated rings. The number of nitrogens with one attached hydrogen (secondary N) is 2. The molecule has 0 bridgehead atoms. The maximum absolute atomic E-state index is 13.6. The number of rotatable bonds is 7. The van der Waals surface area contributed by atoms with Crippen LogP contribution < -0.4 is 15.5 Å². The van der Waals surface area contributed by atoms with Gasteiger partial charge in [-0.15, -0.1) is 0 Å². The molecule has 1 atom stereocenters. The molecular formula is C26H25F3N6O. The van der Waals surface area contributed by atoms with Crippen molar-refractivity contribution in [1.82, 2.24) is 15.3 Å². The Balaban J connectivity index is 1.52. The van der Waals surface area contributed by atoms with Crippen LogP contribution in [-0.2, 0) is 17.4 Å². The molecule has 10 heteroatoms. The molecule has 1 aliphatic rings. The molecule has 4 rings (SSSR count). The van der Waals surface area contributed by atoms with Crippen molar-refractivity contribution in [2.24, 2.45) is 0 Å². The van der Waals surface area contributed by atoms with Gasteiger partial charge in [-0.25, -0.2) is 9.97 Å². The summed E-state index contributed by atoms with van der Waals surface area (Å²) in [5, 5.41) is 14.8. The zero-order chi connectivity index (χ0) is 25.7. The second-order valence-corrected chi connectivity index (χ2v) is 8.46. The molecule has 0 spiro atoms. The molecule has 2 aromatic carbocycles. The number of aromatic nitrogens is 2. The summed E-state index contributed by atoms with van der Waals surface area (Å²) in [6, 6.07) is 16.9. The zero-order valence-electron chi connectivity index (χ0n) is 19.6. The van der Waals surface area contributed by atoms with Crippen molar-refractivity contribution in [3.05, 3.63) is 71.5 Å². The molecule has 3 aromatic rings. The Kier molecular flexibility index (Phi) is 7.38. The SMILES string of the molecule is CNc1ccc(-c2cc(N3CCC[C@H]3C(=O)NCCc3ccc(C#N)cc3)nc(C(F)(F)F)n2)cc1. The predicted molar refractivity (Wildman–Crippen MR) is 130 cm³/mol. The minimum Gasteiger partial charge on any atom is -0.388 e. The summed E-state index contributed by atoms with van der Waals surface area (Å²) in [5.41, 5.74) is 3.01. The Bertz CT molecular complexity index is 1250. The average molecular weight is 495 g/mol. The van der Waals surface area contributed by atoms with Gasteiger partial charge in [0.05, 0.1) is 17.3 Å².